The maximum atomic E-state index is 6.32. The summed E-state index contributed by atoms with van der Waals surface area (Å²) in [6.45, 7) is 2.12. The highest BCUT2D eigenvalue weighted by atomic mass is 15.1. The molecular formula is C18H16N4. The van der Waals surface area contributed by atoms with Crippen molar-refractivity contribution >= 4 is 27.4 Å². The van der Waals surface area contributed by atoms with E-state index in [0.29, 0.717) is 0 Å². The lowest BCUT2D eigenvalue weighted by Gasteiger charge is -2.10. The van der Waals surface area contributed by atoms with E-state index in [2.05, 4.69) is 41.2 Å². The van der Waals surface area contributed by atoms with Crippen LogP contribution in [-0.2, 0) is 6.42 Å². The minimum atomic E-state index is 0.846. The zero-order chi connectivity index (χ0) is 15.1. The third-order valence-electron chi connectivity index (χ3n) is 4.14. The molecule has 0 spiro atoms. The van der Waals surface area contributed by atoms with Crippen molar-refractivity contribution < 1.29 is 0 Å². The summed E-state index contributed by atoms with van der Waals surface area (Å²) in [7, 11) is 0. The molecule has 0 radical (unpaired) electrons. The number of fused-ring (bicyclic) bond motifs is 2. The molecule has 0 aliphatic carbocycles. The van der Waals surface area contributed by atoms with Crippen LogP contribution in [0.4, 0.5) is 5.69 Å². The Balaban J connectivity index is 1.97. The summed E-state index contributed by atoms with van der Waals surface area (Å²) in [6, 6.07) is 10.3. The Kier molecular flexibility index (Phi) is 2.82. The summed E-state index contributed by atoms with van der Waals surface area (Å²) in [5.74, 6) is 0.857. The number of anilines is 1. The van der Waals surface area contributed by atoms with Crippen LogP contribution >= 0.6 is 0 Å². The number of hydrogen-bond acceptors (Lipinski definition) is 3. The smallest absolute Gasteiger partial charge is 0.137 e. The molecule has 3 heterocycles. The lowest BCUT2D eigenvalue weighted by atomic mass is 10.0. The molecule has 1 aromatic carbocycles. The summed E-state index contributed by atoms with van der Waals surface area (Å²) in [5.41, 5.74) is 9.37. The first-order valence-electron chi connectivity index (χ1n) is 7.36. The largest absolute Gasteiger partial charge is 0.398 e. The van der Waals surface area contributed by atoms with Crippen molar-refractivity contribution in [2.75, 3.05) is 5.73 Å². The number of aryl methyl sites for hydroxylation is 1. The minimum absolute atomic E-state index is 0.846. The Bertz CT molecular complexity index is 985. The lowest BCUT2D eigenvalue weighted by Crippen LogP contribution is -1.99. The molecule has 0 aliphatic rings. The highest BCUT2D eigenvalue weighted by Gasteiger charge is 2.08. The van der Waals surface area contributed by atoms with Gasteiger partial charge in [-0.2, -0.15) is 0 Å². The molecule has 4 nitrogen and oxygen atoms in total. The van der Waals surface area contributed by atoms with Crippen LogP contribution in [0.5, 0.6) is 0 Å². The molecule has 4 rings (SSSR count). The Hall–Kier alpha value is -2.88. The first-order chi connectivity index (χ1) is 10.8. The topological polar surface area (TPSA) is 56.7 Å². The lowest BCUT2D eigenvalue weighted by molar-refractivity contribution is 1.05. The molecule has 2 N–H and O–H groups in total. The first-order valence-corrected chi connectivity index (χ1v) is 7.36. The number of nitrogens with two attached hydrogens (primary N) is 1. The van der Waals surface area contributed by atoms with Crippen LogP contribution in [0.25, 0.3) is 27.5 Å². The van der Waals surface area contributed by atoms with Gasteiger partial charge in [-0.3, -0.25) is 9.55 Å². The number of hydrogen-bond donors (Lipinski definition) is 1. The number of nitrogens with zero attached hydrogens (tertiary/aromatic N) is 3. The van der Waals surface area contributed by atoms with Crippen molar-refractivity contribution in [3.05, 3.63) is 60.7 Å². The molecule has 4 heteroatoms. The van der Waals surface area contributed by atoms with E-state index in [1.807, 2.05) is 29.2 Å². The SMILES string of the molecule is CCc1ccc2cnc(-n3ccc4ccncc43)cc2c1N. The molecule has 0 amide bonds. The molecule has 4 aromatic rings. The zero-order valence-corrected chi connectivity index (χ0v) is 12.3. The van der Waals surface area contributed by atoms with Gasteiger partial charge in [-0.05, 0) is 30.2 Å². The maximum absolute atomic E-state index is 6.32. The third kappa shape index (κ3) is 1.84. The fourth-order valence-corrected chi connectivity index (χ4v) is 2.89. The van der Waals surface area contributed by atoms with Gasteiger partial charge >= 0.3 is 0 Å². The standard InChI is InChI=1S/C18H16N4/c1-2-12-3-4-14-10-21-17(9-15(14)18(12)19)22-8-6-13-5-7-20-11-16(13)22/h3-11H,2,19H2,1H3. The Morgan fingerprint density at radius 1 is 1.09 bits per heavy atom. The van der Waals surface area contributed by atoms with E-state index >= 15 is 0 Å². The van der Waals surface area contributed by atoms with Crippen LogP contribution in [-0.4, -0.2) is 14.5 Å². The van der Waals surface area contributed by atoms with Crippen molar-refractivity contribution in [1.82, 2.24) is 14.5 Å². The molecular weight excluding hydrogens is 272 g/mol. The molecule has 3 aromatic heterocycles. The number of rotatable bonds is 2. The van der Waals surface area contributed by atoms with Gasteiger partial charge in [0.1, 0.15) is 5.82 Å². The third-order valence-corrected chi connectivity index (χ3v) is 4.14. The Labute approximate surface area is 128 Å². The van der Waals surface area contributed by atoms with Crippen molar-refractivity contribution in [2.24, 2.45) is 0 Å². The molecule has 0 atom stereocenters. The van der Waals surface area contributed by atoms with Crippen molar-refractivity contribution in [3.63, 3.8) is 0 Å². The van der Waals surface area contributed by atoms with E-state index in [0.717, 1.165) is 39.6 Å². The minimum Gasteiger partial charge on any atom is -0.398 e. The van der Waals surface area contributed by atoms with Gasteiger partial charge in [0.25, 0.3) is 0 Å². The van der Waals surface area contributed by atoms with Gasteiger partial charge in [0.05, 0.1) is 11.7 Å². The Morgan fingerprint density at radius 3 is 2.86 bits per heavy atom. The molecule has 22 heavy (non-hydrogen) atoms. The summed E-state index contributed by atoms with van der Waals surface area (Å²) in [4.78, 5) is 8.78. The fourth-order valence-electron chi connectivity index (χ4n) is 2.89. The van der Waals surface area contributed by atoms with Crippen LogP contribution in [0.2, 0.25) is 0 Å². The van der Waals surface area contributed by atoms with Gasteiger partial charge < -0.3 is 5.73 Å². The quantitative estimate of drug-likeness (QED) is 0.572. The van der Waals surface area contributed by atoms with Crippen LogP contribution in [0.15, 0.2) is 55.1 Å². The Morgan fingerprint density at radius 2 is 2.00 bits per heavy atom. The van der Waals surface area contributed by atoms with Crippen LogP contribution < -0.4 is 5.73 Å². The maximum Gasteiger partial charge on any atom is 0.137 e. The average Bonchev–Trinajstić information content (AvgIpc) is 2.99. The van der Waals surface area contributed by atoms with Crippen LogP contribution in [0.1, 0.15) is 12.5 Å². The first kappa shape index (κ1) is 12.8. The predicted octanol–water partition coefficient (Wildman–Crippen LogP) is 3.72. The van der Waals surface area contributed by atoms with Crippen molar-refractivity contribution in [1.29, 1.82) is 0 Å². The monoisotopic (exact) mass is 288 g/mol. The van der Waals surface area contributed by atoms with Crippen LogP contribution in [0, 0.1) is 0 Å². The van der Waals surface area contributed by atoms with E-state index in [1.165, 1.54) is 5.56 Å². The second-order valence-electron chi connectivity index (χ2n) is 5.38. The summed E-state index contributed by atoms with van der Waals surface area (Å²) < 4.78 is 2.04. The molecule has 0 unspecified atom stereocenters. The van der Waals surface area contributed by atoms with E-state index in [9.17, 15) is 0 Å². The van der Waals surface area contributed by atoms with Gasteiger partial charge in [0.15, 0.2) is 0 Å². The zero-order valence-electron chi connectivity index (χ0n) is 12.3. The number of benzene rings is 1. The number of nitrogen functional groups attached to an aromatic ring is 1. The number of pyridine rings is 2. The van der Waals surface area contributed by atoms with E-state index in [1.54, 1.807) is 6.20 Å². The molecule has 0 bridgehead atoms. The average molecular weight is 288 g/mol. The molecule has 0 fully saturated rings. The van der Waals surface area contributed by atoms with E-state index in [-0.39, 0.29) is 0 Å². The molecule has 0 saturated heterocycles. The fraction of sp³-hybridized carbons (Fsp3) is 0.111. The van der Waals surface area contributed by atoms with Gasteiger partial charge in [-0.15, -0.1) is 0 Å². The van der Waals surface area contributed by atoms with E-state index < -0.39 is 0 Å². The predicted molar refractivity (Wildman–Crippen MR) is 90.2 cm³/mol. The highest BCUT2D eigenvalue weighted by molar-refractivity contribution is 5.95. The van der Waals surface area contributed by atoms with Crippen molar-refractivity contribution in [2.45, 2.75) is 13.3 Å². The van der Waals surface area contributed by atoms with Gasteiger partial charge in [0, 0.05) is 40.4 Å². The van der Waals surface area contributed by atoms with Gasteiger partial charge in [-0.1, -0.05) is 19.1 Å². The van der Waals surface area contributed by atoms with Gasteiger partial charge in [0.2, 0.25) is 0 Å². The summed E-state index contributed by atoms with van der Waals surface area (Å²) in [6.07, 6.45) is 8.47. The molecule has 108 valence electrons. The summed E-state index contributed by atoms with van der Waals surface area (Å²) in [5, 5.41) is 3.26. The van der Waals surface area contributed by atoms with Crippen molar-refractivity contribution in [3.8, 4) is 5.82 Å². The molecule has 0 aliphatic heterocycles. The number of aromatic nitrogens is 3. The van der Waals surface area contributed by atoms with E-state index in [4.69, 9.17) is 5.73 Å². The highest BCUT2D eigenvalue weighted by Crippen LogP contribution is 2.27. The summed E-state index contributed by atoms with van der Waals surface area (Å²) >= 11 is 0. The second-order valence-corrected chi connectivity index (χ2v) is 5.38. The second kappa shape index (κ2) is 4.84. The molecule has 0 saturated carbocycles. The normalized spacial score (nSPS) is 11.3. The van der Waals surface area contributed by atoms with Crippen LogP contribution in [0.3, 0.4) is 0 Å². The van der Waals surface area contributed by atoms with Gasteiger partial charge in [-0.25, -0.2) is 4.98 Å².